The molecule has 0 amide bonds. The first-order valence-electron chi connectivity index (χ1n) is 5.54. The highest BCUT2D eigenvalue weighted by Crippen LogP contribution is 2.19. The van der Waals surface area contributed by atoms with Crippen LogP contribution < -0.4 is 10.0 Å². The Labute approximate surface area is 105 Å². The van der Waals surface area contributed by atoms with Gasteiger partial charge in [-0.3, -0.25) is 0 Å². The molecule has 0 aliphatic rings. The lowest BCUT2D eigenvalue weighted by molar-refractivity contribution is 0.480. The van der Waals surface area contributed by atoms with Crippen LogP contribution in [0.4, 0.5) is 8.78 Å². The highest BCUT2D eigenvalue weighted by Gasteiger charge is 2.22. The predicted molar refractivity (Wildman–Crippen MR) is 64.6 cm³/mol. The van der Waals surface area contributed by atoms with Gasteiger partial charge in [-0.2, -0.15) is 0 Å². The summed E-state index contributed by atoms with van der Waals surface area (Å²) in [6.45, 7) is 2.21. The molecule has 0 saturated carbocycles. The van der Waals surface area contributed by atoms with Crippen LogP contribution in [0.3, 0.4) is 0 Å². The van der Waals surface area contributed by atoms with Crippen molar-refractivity contribution < 1.29 is 17.2 Å². The zero-order chi connectivity index (χ0) is 13.8. The van der Waals surface area contributed by atoms with Gasteiger partial charge in [-0.15, -0.1) is 0 Å². The molecule has 0 heterocycles. The maximum absolute atomic E-state index is 13.5. The quantitative estimate of drug-likeness (QED) is 0.826. The van der Waals surface area contributed by atoms with Crippen molar-refractivity contribution >= 4 is 10.0 Å². The summed E-state index contributed by atoms with van der Waals surface area (Å²) in [5.74, 6) is -2.52. The monoisotopic (exact) mass is 278 g/mol. The van der Waals surface area contributed by atoms with Gasteiger partial charge in [-0.25, -0.2) is 21.9 Å². The number of hydrogen-bond acceptors (Lipinski definition) is 3. The molecule has 0 atom stereocenters. The number of sulfonamides is 1. The third-order valence-electron chi connectivity index (χ3n) is 2.27. The van der Waals surface area contributed by atoms with E-state index in [0.29, 0.717) is 12.0 Å². The number of hydrogen-bond donors (Lipinski definition) is 2. The molecule has 102 valence electrons. The normalized spacial score (nSPS) is 11.8. The molecule has 1 aromatic rings. The van der Waals surface area contributed by atoms with Crippen LogP contribution in [-0.4, -0.2) is 22.0 Å². The van der Waals surface area contributed by atoms with Crippen LogP contribution >= 0.6 is 0 Å². The van der Waals surface area contributed by atoms with Crippen LogP contribution in [0.2, 0.25) is 0 Å². The predicted octanol–water partition coefficient (Wildman–Crippen LogP) is 1.37. The molecule has 4 nitrogen and oxygen atoms in total. The summed E-state index contributed by atoms with van der Waals surface area (Å²) >= 11 is 0. The molecule has 0 unspecified atom stereocenters. The summed E-state index contributed by atoms with van der Waals surface area (Å²) in [7, 11) is -2.38. The Hall–Kier alpha value is -1.05. The minimum Gasteiger partial charge on any atom is -0.316 e. The molecule has 0 radical (unpaired) electrons. The Kier molecular flexibility index (Phi) is 5.18. The smallest absolute Gasteiger partial charge is 0.243 e. The first kappa shape index (κ1) is 15.0. The van der Waals surface area contributed by atoms with Gasteiger partial charge in [0.05, 0.1) is 0 Å². The lowest BCUT2D eigenvalue weighted by Gasteiger charge is -2.09. The number of rotatable bonds is 6. The van der Waals surface area contributed by atoms with Crippen LogP contribution in [-0.2, 0) is 16.6 Å². The van der Waals surface area contributed by atoms with Gasteiger partial charge in [0.15, 0.2) is 11.6 Å². The fourth-order valence-corrected chi connectivity index (χ4v) is 2.70. The van der Waals surface area contributed by atoms with Gasteiger partial charge < -0.3 is 5.32 Å². The largest absolute Gasteiger partial charge is 0.316 e. The van der Waals surface area contributed by atoms with Crippen LogP contribution in [0.1, 0.15) is 18.9 Å². The van der Waals surface area contributed by atoms with Crippen molar-refractivity contribution in [2.45, 2.75) is 24.8 Å². The van der Waals surface area contributed by atoms with E-state index < -0.39 is 26.6 Å². The maximum atomic E-state index is 13.5. The van der Waals surface area contributed by atoms with Gasteiger partial charge in [-0.1, -0.05) is 6.92 Å². The molecule has 0 bridgehead atoms. The van der Waals surface area contributed by atoms with Gasteiger partial charge in [-0.05, 0) is 31.2 Å². The second kappa shape index (κ2) is 6.21. The van der Waals surface area contributed by atoms with E-state index in [0.717, 1.165) is 12.1 Å². The summed E-state index contributed by atoms with van der Waals surface area (Å²) in [6, 6.07) is 2.11. The Morgan fingerprint density at radius 2 is 1.94 bits per heavy atom. The number of benzene rings is 1. The molecule has 0 aliphatic heterocycles. The fraction of sp³-hybridized carbons (Fsp3) is 0.455. The third kappa shape index (κ3) is 3.47. The molecule has 18 heavy (non-hydrogen) atoms. The van der Waals surface area contributed by atoms with Gasteiger partial charge in [0.2, 0.25) is 10.0 Å². The molecule has 1 aromatic carbocycles. The average Bonchev–Trinajstić information content (AvgIpc) is 2.31. The number of nitrogens with one attached hydrogen (secondary N) is 2. The second-order valence-electron chi connectivity index (χ2n) is 3.82. The third-order valence-corrected chi connectivity index (χ3v) is 3.73. The molecular weight excluding hydrogens is 262 g/mol. The molecule has 0 fully saturated rings. The Morgan fingerprint density at radius 1 is 1.28 bits per heavy atom. The first-order valence-corrected chi connectivity index (χ1v) is 7.03. The molecule has 2 N–H and O–H groups in total. The molecule has 0 saturated heterocycles. The summed E-state index contributed by atoms with van der Waals surface area (Å²) in [4.78, 5) is -0.652. The summed E-state index contributed by atoms with van der Waals surface area (Å²) in [5, 5.41) is 2.75. The van der Waals surface area contributed by atoms with Crippen molar-refractivity contribution in [3.05, 3.63) is 29.3 Å². The zero-order valence-electron chi connectivity index (χ0n) is 10.3. The van der Waals surface area contributed by atoms with Gasteiger partial charge >= 0.3 is 0 Å². The van der Waals surface area contributed by atoms with Crippen molar-refractivity contribution in [3.63, 3.8) is 0 Å². The van der Waals surface area contributed by atoms with E-state index >= 15 is 0 Å². The van der Waals surface area contributed by atoms with E-state index in [1.165, 1.54) is 0 Å². The van der Waals surface area contributed by atoms with E-state index in [4.69, 9.17) is 0 Å². The lowest BCUT2D eigenvalue weighted by Crippen LogP contribution is -2.26. The highest BCUT2D eigenvalue weighted by atomic mass is 32.2. The minimum absolute atomic E-state index is 0.180. The Bertz CT molecular complexity index is 518. The molecule has 0 aliphatic carbocycles. The van der Waals surface area contributed by atoms with E-state index in [2.05, 4.69) is 10.0 Å². The molecule has 0 aromatic heterocycles. The first-order chi connectivity index (χ1) is 8.42. The molecular formula is C11H16F2N2O2S. The van der Waals surface area contributed by atoms with Crippen molar-refractivity contribution in [3.8, 4) is 0 Å². The van der Waals surface area contributed by atoms with E-state index in [1.807, 2.05) is 0 Å². The summed E-state index contributed by atoms with van der Waals surface area (Å²) in [5.41, 5.74) is 0.369. The standard InChI is InChI=1S/C11H16F2N2O2S/c1-3-4-15-18(16,17)10-6-8(7-14-2)5-9(12)11(10)13/h5-6,14-15H,3-4,7H2,1-2H3. The van der Waals surface area contributed by atoms with Crippen molar-refractivity contribution in [2.24, 2.45) is 0 Å². The van der Waals surface area contributed by atoms with Gasteiger partial charge in [0.1, 0.15) is 4.90 Å². The maximum Gasteiger partial charge on any atom is 0.243 e. The van der Waals surface area contributed by atoms with E-state index in [9.17, 15) is 17.2 Å². The SMILES string of the molecule is CCCNS(=O)(=O)c1cc(CNC)cc(F)c1F. The van der Waals surface area contributed by atoms with Crippen molar-refractivity contribution in [2.75, 3.05) is 13.6 Å². The second-order valence-corrected chi connectivity index (χ2v) is 5.55. The lowest BCUT2D eigenvalue weighted by atomic mass is 10.2. The van der Waals surface area contributed by atoms with Crippen LogP contribution in [0.15, 0.2) is 17.0 Å². The zero-order valence-corrected chi connectivity index (χ0v) is 11.1. The summed E-state index contributed by atoms with van der Waals surface area (Å²) < 4.78 is 52.6. The van der Waals surface area contributed by atoms with E-state index in [-0.39, 0.29) is 13.1 Å². The van der Waals surface area contributed by atoms with Crippen LogP contribution in [0.5, 0.6) is 0 Å². The minimum atomic E-state index is -4.01. The Balaban J connectivity index is 3.22. The topological polar surface area (TPSA) is 58.2 Å². The molecule has 7 heteroatoms. The van der Waals surface area contributed by atoms with Crippen molar-refractivity contribution in [1.29, 1.82) is 0 Å². The van der Waals surface area contributed by atoms with E-state index in [1.54, 1.807) is 14.0 Å². The molecule has 0 spiro atoms. The average molecular weight is 278 g/mol. The number of halogens is 2. The molecule has 1 rings (SSSR count). The highest BCUT2D eigenvalue weighted by molar-refractivity contribution is 7.89. The fourth-order valence-electron chi connectivity index (χ4n) is 1.43. The van der Waals surface area contributed by atoms with Gasteiger partial charge in [0, 0.05) is 13.1 Å². The van der Waals surface area contributed by atoms with Crippen molar-refractivity contribution in [1.82, 2.24) is 10.0 Å². The summed E-state index contributed by atoms with van der Waals surface area (Å²) in [6.07, 6.45) is 0.569. The Morgan fingerprint density at radius 3 is 2.50 bits per heavy atom. The van der Waals surface area contributed by atoms with Crippen LogP contribution in [0, 0.1) is 11.6 Å². The van der Waals surface area contributed by atoms with Crippen LogP contribution in [0.25, 0.3) is 0 Å². The van der Waals surface area contributed by atoms with Gasteiger partial charge in [0.25, 0.3) is 0 Å².